The van der Waals surface area contributed by atoms with Gasteiger partial charge in [-0.15, -0.1) is 0 Å². The van der Waals surface area contributed by atoms with Gasteiger partial charge in [-0.25, -0.2) is 19.2 Å². The van der Waals surface area contributed by atoms with E-state index < -0.39 is 23.9 Å². The van der Waals surface area contributed by atoms with Crippen LogP contribution in [-0.2, 0) is 19.2 Å². The number of nitrogens with zero attached hydrogens (tertiary/aromatic N) is 3. The van der Waals surface area contributed by atoms with Crippen molar-refractivity contribution in [1.29, 1.82) is 0 Å². The van der Waals surface area contributed by atoms with Gasteiger partial charge in [0.2, 0.25) is 0 Å². The van der Waals surface area contributed by atoms with E-state index in [1.807, 2.05) is 12.1 Å². The van der Waals surface area contributed by atoms with Crippen LogP contribution in [0.4, 0.5) is 0 Å². The second-order valence-corrected chi connectivity index (χ2v) is 11.9. The lowest BCUT2D eigenvalue weighted by atomic mass is 9.77. The molecule has 0 atom stereocenters. The van der Waals surface area contributed by atoms with E-state index in [-0.39, 0.29) is 0 Å². The maximum Gasteiger partial charge on any atom is 0.414 e. The summed E-state index contributed by atoms with van der Waals surface area (Å²) >= 11 is 14.1. The first kappa shape index (κ1) is 35.4. The second-order valence-electron chi connectivity index (χ2n) is 10.3. The zero-order valence-corrected chi connectivity index (χ0v) is 25.8. The van der Waals surface area contributed by atoms with E-state index in [2.05, 4.69) is 28.2 Å². The number of hydrogen-bond donors (Lipinski definition) is 4. The van der Waals surface area contributed by atoms with Gasteiger partial charge < -0.3 is 30.2 Å². The molecule has 4 N–H and O–H groups in total. The third kappa shape index (κ3) is 11.1. The molecule has 1 aromatic rings. The van der Waals surface area contributed by atoms with Crippen LogP contribution < -0.4 is 0 Å². The van der Waals surface area contributed by atoms with Crippen LogP contribution in [0.1, 0.15) is 63.9 Å². The van der Waals surface area contributed by atoms with E-state index in [9.17, 15) is 0 Å². The highest BCUT2D eigenvalue weighted by Gasteiger charge is 2.42. The normalized spacial score (nSPS) is 17.1. The summed E-state index contributed by atoms with van der Waals surface area (Å²) in [6.07, 6.45) is 10.8. The van der Waals surface area contributed by atoms with Crippen molar-refractivity contribution in [2.75, 3.05) is 32.7 Å². The molecule has 0 bridgehead atoms. The Balaban J connectivity index is 0.000000434. The van der Waals surface area contributed by atoms with Gasteiger partial charge in [-0.05, 0) is 51.0 Å². The van der Waals surface area contributed by atoms with Gasteiger partial charge in [-0.3, -0.25) is 4.99 Å². The number of halogens is 2. The average molecular weight is 647 g/mol. The summed E-state index contributed by atoms with van der Waals surface area (Å²) in [7, 11) is 0. The minimum Gasteiger partial charge on any atom is -0.473 e. The molecule has 3 heterocycles. The van der Waals surface area contributed by atoms with E-state index in [4.69, 9.17) is 67.8 Å². The standard InChI is InChI=1S/C24H33Cl2N3S.2C2H2O4/c1-2-3-4-5-6-7-12-28-13-10-24(11-14-28)17-27-23-29(18-24)22(16-30-23)19-8-9-20(25)21(26)15-19;2*3-1(4)2(5)6/h8-9,15-16H,2-7,10-14,17-18H2,1H3;2*(H,3,4)(H,5,6). The van der Waals surface area contributed by atoms with Crippen LogP contribution in [0.2, 0.25) is 10.0 Å². The number of aliphatic imine (C=N–C) groups is 1. The van der Waals surface area contributed by atoms with Crippen LogP contribution in [-0.4, -0.2) is 92.0 Å². The predicted molar refractivity (Wildman–Crippen MR) is 163 cm³/mol. The van der Waals surface area contributed by atoms with Gasteiger partial charge in [0.15, 0.2) is 5.17 Å². The summed E-state index contributed by atoms with van der Waals surface area (Å²) in [5.41, 5.74) is 2.65. The molecular formula is C28H37Cl2N3O8S. The SMILES string of the molecule is CCCCCCCCN1CCC2(CC1)CN=C1SC=C(c3ccc(Cl)c(Cl)c3)N1C2.O=C(O)C(=O)O.O=C(O)C(=O)O. The molecule has 0 aliphatic carbocycles. The molecule has 1 spiro atoms. The fourth-order valence-electron chi connectivity index (χ4n) is 4.80. The number of carbonyl (C=O) groups is 4. The van der Waals surface area contributed by atoms with Crippen LogP contribution in [0, 0.1) is 5.41 Å². The number of hydrogen-bond acceptors (Lipinski definition) is 8. The van der Waals surface area contributed by atoms with Gasteiger partial charge in [0.05, 0.1) is 15.7 Å². The Kier molecular flexibility index (Phi) is 14.6. The minimum atomic E-state index is -1.82. The van der Waals surface area contributed by atoms with E-state index in [0.29, 0.717) is 15.5 Å². The van der Waals surface area contributed by atoms with Gasteiger partial charge in [0.25, 0.3) is 0 Å². The summed E-state index contributed by atoms with van der Waals surface area (Å²) in [6, 6.07) is 5.93. The second kappa shape index (κ2) is 17.3. The molecule has 1 saturated heterocycles. The highest BCUT2D eigenvalue weighted by atomic mass is 35.5. The number of thioether (sulfide) groups is 1. The number of aliphatic carboxylic acids is 4. The number of fused-ring (bicyclic) bond motifs is 1. The lowest BCUT2D eigenvalue weighted by Crippen LogP contribution is -2.50. The zero-order valence-electron chi connectivity index (χ0n) is 23.4. The number of rotatable bonds is 8. The molecule has 1 aromatic carbocycles. The molecule has 4 rings (SSSR count). The van der Waals surface area contributed by atoms with Gasteiger partial charge in [-0.2, -0.15) is 0 Å². The first-order chi connectivity index (χ1) is 19.9. The van der Waals surface area contributed by atoms with Crippen LogP contribution in [0.15, 0.2) is 28.6 Å². The highest BCUT2D eigenvalue weighted by Crippen LogP contribution is 2.43. The molecule has 232 valence electrons. The largest absolute Gasteiger partial charge is 0.473 e. The number of carboxylic acids is 4. The number of unbranched alkanes of at least 4 members (excludes halogenated alkanes) is 5. The first-order valence-electron chi connectivity index (χ1n) is 13.7. The molecule has 1 fully saturated rings. The van der Waals surface area contributed by atoms with Crippen molar-refractivity contribution < 1.29 is 39.6 Å². The maximum atomic E-state index is 9.10. The van der Waals surface area contributed by atoms with Crippen LogP contribution in [0.3, 0.4) is 0 Å². The Morgan fingerprint density at radius 3 is 2.00 bits per heavy atom. The van der Waals surface area contributed by atoms with Gasteiger partial charge in [0, 0.05) is 29.5 Å². The fourth-order valence-corrected chi connectivity index (χ4v) is 6.00. The lowest BCUT2D eigenvalue weighted by Gasteiger charge is -2.46. The van der Waals surface area contributed by atoms with Crippen LogP contribution in [0.25, 0.3) is 5.70 Å². The quantitative estimate of drug-likeness (QED) is 0.209. The average Bonchev–Trinajstić information content (AvgIpc) is 3.36. The van der Waals surface area contributed by atoms with Gasteiger partial charge >= 0.3 is 23.9 Å². The zero-order chi connectivity index (χ0) is 31.3. The number of benzene rings is 1. The lowest BCUT2D eigenvalue weighted by molar-refractivity contribution is -0.159. The number of piperidine rings is 1. The molecule has 0 radical (unpaired) electrons. The molecule has 42 heavy (non-hydrogen) atoms. The summed E-state index contributed by atoms with van der Waals surface area (Å²) in [6.45, 7) is 8.02. The first-order valence-corrected chi connectivity index (χ1v) is 15.3. The van der Waals surface area contributed by atoms with Crippen molar-refractivity contribution in [2.24, 2.45) is 10.4 Å². The van der Waals surface area contributed by atoms with Crippen molar-refractivity contribution in [3.05, 3.63) is 39.2 Å². The highest BCUT2D eigenvalue weighted by molar-refractivity contribution is 8.16. The van der Waals surface area contributed by atoms with Crippen LogP contribution >= 0.6 is 35.0 Å². The Bertz CT molecular complexity index is 1140. The monoisotopic (exact) mass is 645 g/mol. The summed E-state index contributed by atoms with van der Waals surface area (Å²) in [4.78, 5) is 46.5. The number of carboxylic acid groups (broad SMARTS) is 4. The Morgan fingerprint density at radius 2 is 1.45 bits per heavy atom. The third-order valence-corrected chi connectivity index (χ3v) is 8.81. The Labute approximate surface area is 259 Å². The topological polar surface area (TPSA) is 168 Å². The van der Waals surface area contributed by atoms with Crippen molar-refractivity contribution in [2.45, 2.75) is 58.3 Å². The summed E-state index contributed by atoms with van der Waals surface area (Å²) < 4.78 is 0. The molecule has 3 aliphatic heterocycles. The van der Waals surface area contributed by atoms with Gasteiger partial charge in [-0.1, -0.05) is 80.1 Å². The van der Waals surface area contributed by atoms with E-state index >= 15 is 0 Å². The number of likely N-dealkylation sites (tertiary alicyclic amines) is 1. The van der Waals surface area contributed by atoms with Gasteiger partial charge in [0.1, 0.15) is 0 Å². The molecule has 0 aromatic heterocycles. The van der Waals surface area contributed by atoms with Crippen molar-refractivity contribution in [3.63, 3.8) is 0 Å². The van der Waals surface area contributed by atoms with E-state index in [1.165, 1.54) is 76.7 Å². The summed E-state index contributed by atoms with van der Waals surface area (Å²) in [5.74, 6) is -7.30. The molecule has 3 aliphatic rings. The summed E-state index contributed by atoms with van der Waals surface area (Å²) in [5, 5.41) is 34.1. The van der Waals surface area contributed by atoms with Crippen molar-refractivity contribution >= 4 is 69.7 Å². The van der Waals surface area contributed by atoms with Crippen molar-refractivity contribution in [3.8, 4) is 0 Å². The molecular weight excluding hydrogens is 609 g/mol. The van der Waals surface area contributed by atoms with Crippen molar-refractivity contribution in [1.82, 2.24) is 9.80 Å². The predicted octanol–water partition coefficient (Wildman–Crippen LogP) is 5.46. The van der Waals surface area contributed by atoms with E-state index in [0.717, 1.165) is 23.8 Å². The minimum absolute atomic E-state index is 0.307. The Hall–Kier alpha value is -2.80. The fraction of sp³-hybridized carbons (Fsp3) is 0.536. The number of amidine groups is 1. The molecule has 0 unspecified atom stereocenters. The molecule has 0 amide bonds. The van der Waals surface area contributed by atoms with Crippen LogP contribution in [0.5, 0.6) is 0 Å². The molecule has 14 heteroatoms. The maximum absolute atomic E-state index is 9.10. The molecule has 0 saturated carbocycles. The van der Waals surface area contributed by atoms with E-state index in [1.54, 1.807) is 11.8 Å². The molecule has 11 nitrogen and oxygen atoms in total. The smallest absolute Gasteiger partial charge is 0.414 e. The third-order valence-electron chi connectivity index (χ3n) is 7.17. The Morgan fingerprint density at radius 1 is 0.881 bits per heavy atom.